The van der Waals surface area contributed by atoms with Crippen molar-refractivity contribution < 1.29 is 14.4 Å². The molecule has 3 rings (SSSR count). The molecule has 2 amide bonds. The molecule has 2 aliphatic heterocycles. The van der Waals surface area contributed by atoms with Gasteiger partial charge in [-0.25, -0.2) is 0 Å². The second kappa shape index (κ2) is 10.4. The number of carbonyl (C=O) groups excluding carboxylic acids is 3. The van der Waals surface area contributed by atoms with Gasteiger partial charge in [-0.1, -0.05) is 29.3 Å². The van der Waals surface area contributed by atoms with Crippen molar-refractivity contribution in [2.45, 2.75) is 32.1 Å². The topological polar surface area (TPSA) is 69.7 Å². The van der Waals surface area contributed by atoms with E-state index in [1.807, 2.05) is 12.1 Å². The summed E-state index contributed by atoms with van der Waals surface area (Å²) in [5.74, 6) is -2.37. The highest BCUT2D eigenvalue weighted by molar-refractivity contribution is 6.42. The third-order valence-electron chi connectivity index (χ3n) is 5.56. The number of benzene rings is 1. The van der Waals surface area contributed by atoms with Crippen LogP contribution in [0.2, 0.25) is 10.0 Å². The first-order valence-electron chi connectivity index (χ1n) is 10.2. The number of likely N-dealkylation sites (tertiary alicyclic amines) is 2. The van der Waals surface area contributed by atoms with Crippen molar-refractivity contribution in [1.29, 1.82) is 0 Å². The lowest BCUT2D eigenvalue weighted by Gasteiger charge is -2.18. The van der Waals surface area contributed by atoms with Gasteiger partial charge in [-0.2, -0.15) is 0 Å². The van der Waals surface area contributed by atoms with E-state index in [0.717, 1.165) is 38.0 Å². The van der Waals surface area contributed by atoms with Crippen LogP contribution in [0.25, 0.3) is 0 Å². The number of ketones is 1. The molecule has 1 atom stereocenters. The van der Waals surface area contributed by atoms with Gasteiger partial charge < -0.3 is 15.1 Å². The second-order valence-corrected chi connectivity index (χ2v) is 8.53. The normalized spacial score (nSPS) is 19.9. The van der Waals surface area contributed by atoms with Gasteiger partial charge in [0.2, 0.25) is 11.7 Å². The Morgan fingerprint density at radius 3 is 2.55 bits per heavy atom. The van der Waals surface area contributed by atoms with Gasteiger partial charge in [-0.3, -0.25) is 14.4 Å². The zero-order chi connectivity index (χ0) is 20.8. The smallest absolute Gasteiger partial charge is 0.290 e. The van der Waals surface area contributed by atoms with Gasteiger partial charge in [0, 0.05) is 19.6 Å². The molecule has 0 aromatic heterocycles. The van der Waals surface area contributed by atoms with Crippen molar-refractivity contribution in [2.24, 2.45) is 5.92 Å². The van der Waals surface area contributed by atoms with Crippen LogP contribution in [0.3, 0.4) is 0 Å². The molecule has 2 heterocycles. The van der Waals surface area contributed by atoms with Crippen molar-refractivity contribution in [3.63, 3.8) is 0 Å². The summed E-state index contributed by atoms with van der Waals surface area (Å²) in [7, 11) is 0. The van der Waals surface area contributed by atoms with E-state index in [2.05, 4.69) is 10.2 Å². The molecule has 1 aromatic carbocycles. The quantitative estimate of drug-likeness (QED) is 0.364. The average molecular weight is 440 g/mol. The number of hydrogen-bond donors (Lipinski definition) is 1. The summed E-state index contributed by atoms with van der Waals surface area (Å²) in [5, 5.41) is 3.81. The first kappa shape index (κ1) is 22.1. The van der Waals surface area contributed by atoms with Crippen molar-refractivity contribution in [3.05, 3.63) is 33.8 Å². The Labute approximate surface area is 181 Å². The number of hydrogen-bond acceptors (Lipinski definition) is 4. The van der Waals surface area contributed by atoms with Gasteiger partial charge in [0.25, 0.3) is 5.91 Å². The highest BCUT2D eigenvalue weighted by atomic mass is 35.5. The average Bonchev–Trinajstić information content (AvgIpc) is 3.31. The van der Waals surface area contributed by atoms with Crippen LogP contribution >= 0.6 is 23.2 Å². The number of halogens is 2. The van der Waals surface area contributed by atoms with Crippen molar-refractivity contribution in [2.75, 3.05) is 39.3 Å². The molecule has 0 bridgehead atoms. The van der Waals surface area contributed by atoms with Gasteiger partial charge in [0.15, 0.2) is 0 Å². The van der Waals surface area contributed by atoms with Crippen molar-refractivity contribution >= 4 is 40.8 Å². The molecule has 0 radical (unpaired) electrons. The summed E-state index contributed by atoms with van der Waals surface area (Å²) in [4.78, 5) is 40.7. The molecule has 0 spiro atoms. The van der Waals surface area contributed by atoms with Gasteiger partial charge in [0.1, 0.15) is 5.92 Å². The van der Waals surface area contributed by atoms with E-state index in [4.69, 9.17) is 23.2 Å². The molecule has 2 saturated heterocycles. The molecule has 1 N–H and O–H groups in total. The van der Waals surface area contributed by atoms with Gasteiger partial charge in [-0.15, -0.1) is 0 Å². The SMILES string of the molecule is O=C(NCCCc1ccc(Cl)c(Cl)c1)C1CN(CCCN2CCCC2)C(=O)C1=O. The summed E-state index contributed by atoms with van der Waals surface area (Å²) in [6.07, 6.45) is 4.73. The summed E-state index contributed by atoms with van der Waals surface area (Å²) in [5.41, 5.74) is 1.03. The molecular weight excluding hydrogens is 413 g/mol. The lowest BCUT2D eigenvalue weighted by molar-refractivity contribution is -0.142. The molecule has 6 nitrogen and oxygen atoms in total. The van der Waals surface area contributed by atoms with Crippen LogP contribution in [0.5, 0.6) is 0 Å². The molecule has 1 aromatic rings. The van der Waals surface area contributed by atoms with Crippen LogP contribution < -0.4 is 5.32 Å². The highest BCUT2D eigenvalue weighted by Gasteiger charge is 2.42. The molecule has 2 fully saturated rings. The Morgan fingerprint density at radius 1 is 1.07 bits per heavy atom. The fraction of sp³-hybridized carbons (Fsp3) is 0.571. The number of rotatable bonds is 9. The van der Waals surface area contributed by atoms with Crippen LogP contribution in [0.1, 0.15) is 31.2 Å². The summed E-state index contributed by atoms with van der Waals surface area (Å²) < 4.78 is 0. The third kappa shape index (κ3) is 5.93. The highest BCUT2D eigenvalue weighted by Crippen LogP contribution is 2.23. The maximum atomic E-state index is 12.4. The summed E-state index contributed by atoms with van der Waals surface area (Å²) in [6, 6.07) is 5.46. The zero-order valence-corrected chi connectivity index (χ0v) is 18.0. The van der Waals surface area contributed by atoms with E-state index in [9.17, 15) is 14.4 Å². The number of carbonyl (C=O) groups is 3. The maximum absolute atomic E-state index is 12.4. The fourth-order valence-electron chi connectivity index (χ4n) is 3.90. The largest absolute Gasteiger partial charge is 0.355 e. The number of Topliss-reactive ketones (excluding diaryl/α,β-unsaturated/α-hetero) is 1. The van der Waals surface area contributed by atoms with Crippen LogP contribution in [0.4, 0.5) is 0 Å². The van der Waals surface area contributed by atoms with Crippen LogP contribution in [-0.2, 0) is 20.8 Å². The Kier molecular flexibility index (Phi) is 7.92. The minimum Gasteiger partial charge on any atom is -0.355 e. The van der Waals surface area contributed by atoms with E-state index in [1.54, 1.807) is 6.07 Å². The summed E-state index contributed by atoms with van der Waals surface area (Å²) >= 11 is 11.9. The molecule has 0 aliphatic carbocycles. The molecule has 1 unspecified atom stereocenters. The van der Waals surface area contributed by atoms with Gasteiger partial charge in [-0.05, 0) is 69.4 Å². The first-order chi connectivity index (χ1) is 14.0. The number of nitrogens with zero attached hydrogens (tertiary/aromatic N) is 2. The van der Waals surface area contributed by atoms with E-state index in [0.29, 0.717) is 29.6 Å². The Balaban J connectivity index is 1.38. The monoisotopic (exact) mass is 439 g/mol. The molecular formula is C21H27Cl2N3O3. The number of aryl methyl sites for hydroxylation is 1. The van der Waals surface area contributed by atoms with Gasteiger partial charge in [0.05, 0.1) is 10.0 Å². The fourth-order valence-corrected chi connectivity index (χ4v) is 4.22. The predicted octanol–water partition coefficient (Wildman–Crippen LogP) is 2.56. The lowest BCUT2D eigenvalue weighted by atomic mass is 10.1. The molecule has 158 valence electrons. The van der Waals surface area contributed by atoms with Crippen molar-refractivity contribution in [1.82, 2.24) is 15.1 Å². The van der Waals surface area contributed by atoms with E-state index in [1.165, 1.54) is 17.7 Å². The van der Waals surface area contributed by atoms with E-state index < -0.39 is 17.6 Å². The third-order valence-corrected chi connectivity index (χ3v) is 6.30. The Hall–Kier alpha value is -1.63. The minimum atomic E-state index is -0.890. The van der Waals surface area contributed by atoms with Crippen LogP contribution in [0, 0.1) is 5.92 Å². The zero-order valence-electron chi connectivity index (χ0n) is 16.5. The summed E-state index contributed by atoms with van der Waals surface area (Å²) in [6.45, 7) is 4.31. The first-order valence-corrected chi connectivity index (χ1v) is 11.0. The maximum Gasteiger partial charge on any atom is 0.290 e. The molecule has 2 aliphatic rings. The molecule has 29 heavy (non-hydrogen) atoms. The van der Waals surface area contributed by atoms with Crippen molar-refractivity contribution in [3.8, 4) is 0 Å². The Bertz CT molecular complexity index is 766. The molecule has 0 saturated carbocycles. The van der Waals surface area contributed by atoms with Crippen LogP contribution in [-0.4, -0.2) is 66.7 Å². The number of amides is 2. The lowest BCUT2D eigenvalue weighted by Crippen LogP contribution is -2.36. The minimum absolute atomic E-state index is 0.191. The second-order valence-electron chi connectivity index (χ2n) is 7.71. The van der Waals surface area contributed by atoms with Crippen LogP contribution in [0.15, 0.2) is 18.2 Å². The number of nitrogens with one attached hydrogen (secondary N) is 1. The Morgan fingerprint density at radius 2 is 1.83 bits per heavy atom. The van der Waals surface area contributed by atoms with E-state index >= 15 is 0 Å². The molecule has 8 heteroatoms. The predicted molar refractivity (Wildman–Crippen MR) is 113 cm³/mol. The standard InChI is InChI=1S/C21H27Cl2N3O3/c22-17-7-6-15(13-18(17)23)5-3-8-24-20(28)16-14-26(21(29)19(16)27)12-4-11-25-9-1-2-10-25/h6-7,13,16H,1-5,8-12,14H2,(H,24,28). The van der Waals surface area contributed by atoms with E-state index in [-0.39, 0.29) is 12.5 Å². The van der Waals surface area contributed by atoms with Gasteiger partial charge >= 0.3 is 0 Å².